The number of guanidine groups is 1. The second-order valence-electron chi connectivity index (χ2n) is 7.08. The van der Waals surface area contributed by atoms with Gasteiger partial charge in [-0.3, -0.25) is 14.7 Å². The third-order valence-electron chi connectivity index (χ3n) is 5.03. The number of aromatic nitrogens is 2. The van der Waals surface area contributed by atoms with E-state index in [-0.39, 0.29) is 5.56 Å². The molecule has 9 nitrogen and oxygen atoms in total. The van der Waals surface area contributed by atoms with Gasteiger partial charge in [-0.15, -0.1) is 0 Å². The van der Waals surface area contributed by atoms with Crippen molar-refractivity contribution in [3.05, 3.63) is 68.1 Å². The number of aliphatic imine (C=N–C) groups is 1. The van der Waals surface area contributed by atoms with Crippen LogP contribution < -0.4 is 30.4 Å². The lowest BCUT2D eigenvalue weighted by atomic mass is 10.1. The fraction of sp³-hybridized carbons (Fsp3) is 0.227. The number of halogens is 2. The van der Waals surface area contributed by atoms with E-state index in [0.29, 0.717) is 56.1 Å². The molecule has 11 heteroatoms. The molecule has 2 N–H and O–H groups in total. The number of hydrogen-bond donors (Lipinski definition) is 2. The molecule has 0 bridgehead atoms. The fourth-order valence-electron chi connectivity index (χ4n) is 3.50. The first-order valence-electron chi connectivity index (χ1n) is 9.82. The minimum atomic E-state index is -0.822. The molecule has 33 heavy (non-hydrogen) atoms. The van der Waals surface area contributed by atoms with Crippen LogP contribution in [0.15, 0.2) is 46.2 Å². The molecule has 0 aliphatic carbocycles. The second kappa shape index (κ2) is 9.21. The number of fused-ring (bicyclic) bond motifs is 1. The summed E-state index contributed by atoms with van der Waals surface area (Å²) in [5, 5.41) is 6.91. The van der Waals surface area contributed by atoms with Crippen molar-refractivity contribution in [3.63, 3.8) is 0 Å². The van der Waals surface area contributed by atoms with Gasteiger partial charge in [0.2, 0.25) is 11.9 Å². The van der Waals surface area contributed by atoms with Crippen molar-refractivity contribution in [2.24, 2.45) is 4.99 Å². The van der Waals surface area contributed by atoms with Crippen LogP contribution in [0.4, 0.5) is 11.6 Å². The largest absolute Gasteiger partial charge is 0.496 e. The Hall–Kier alpha value is -3.43. The summed E-state index contributed by atoms with van der Waals surface area (Å²) in [6.45, 7) is 1.74. The molecule has 0 amide bonds. The summed E-state index contributed by atoms with van der Waals surface area (Å²) in [7, 11) is 4.58. The van der Waals surface area contributed by atoms with Gasteiger partial charge in [-0.1, -0.05) is 29.3 Å². The van der Waals surface area contributed by atoms with Crippen LogP contribution in [0.25, 0.3) is 0 Å². The van der Waals surface area contributed by atoms with Gasteiger partial charge in [-0.05, 0) is 25.1 Å². The van der Waals surface area contributed by atoms with Gasteiger partial charge in [0.1, 0.15) is 5.75 Å². The van der Waals surface area contributed by atoms with Gasteiger partial charge in [0.05, 0.1) is 37.1 Å². The summed E-state index contributed by atoms with van der Waals surface area (Å²) in [5.74, 6) is 2.02. The summed E-state index contributed by atoms with van der Waals surface area (Å²) in [5.41, 5.74) is 1.38. The van der Waals surface area contributed by atoms with Crippen molar-refractivity contribution in [1.29, 1.82) is 0 Å². The predicted molar refractivity (Wildman–Crippen MR) is 129 cm³/mol. The van der Waals surface area contributed by atoms with Gasteiger partial charge in [-0.25, -0.2) is 9.98 Å². The van der Waals surface area contributed by atoms with Crippen molar-refractivity contribution in [2.45, 2.75) is 13.1 Å². The Morgan fingerprint density at radius 3 is 2.42 bits per heavy atom. The first kappa shape index (κ1) is 22.8. The van der Waals surface area contributed by atoms with Crippen LogP contribution in [0.3, 0.4) is 0 Å². The summed E-state index contributed by atoms with van der Waals surface area (Å²) < 4.78 is 17.9. The number of rotatable bonds is 5. The Labute approximate surface area is 199 Å². The zero-order chi connectivity index (χ0) is 23.7. The molecular formula is C22H21Cl2N5O4. The van der Waals surface area contributed by atoms with Crippen LogP contribution in [-0.4, -0.2) is 36.8 Å². The molecule has 172 valence electrons. The van der Waals surface area contributed by atoms with Crippen LogP contribution in [0.1, 0.15) is 17.4 Å². The van der Waals surface area contributed by atoms with Gasteiger partial charge in [-0.2, -0.15) is 0 Å². The molecule has 0 saturated heterocycles. The molecule has 0 spiro atoms. The highest BCUT2D eigenvalue weighted by Crippen LogP contribution is 2.40. The molecule has 0 radical (unpaired) electrons. The molecular weight excluding hydrogens is 469 g/mol. The van der Waals surface area contributed by atoms with E-state index in [1.807, 2.05) is 0 Å². The molecule has 1 aliphatic heterocycles. The van der Waals surface area contributed by atoms with E-state index in [1.54, 1.807) is 37.3 Å². The Bertz CT molecular complexity index is 1310. The molecule has 1 aromatic heterocycles. The van der Waals surface area contributed by atoms with Gasteiger partial charge >= 0.3 is 0 Å². The van der Waals surface area contributed by atoms with E-state index in [1.165, 1.54) is 32.0 Å². The lowest BCUT2D eigenvalue weighted by molar-refractivity contribution is 0.345. The SMILES string of the molecule is COc1cc(OC)c(C2N=C(Nc3cccc(Cl)c3Cl)Nc3nc(C)cc(=O)n32)cc1OC. The normalized spacial score (nSPS) is 14.6. The first-order chi connectivity index (χ1) is 15.9. The maximum atomic E-state index is 13.0. The third kappa shape index (κ3) is 4.29. The number of nitrogens with one attached hydrogen (secondary N) is 2. The number of aryl methyl sites for hydroxylation is 1. The molecule has 0 saturated carbocycles. The lowest BCUT2D eigenvalue weighted by Gasteiger charge is -2.28. The Morgan fingerprint density at radius 2 is 1.73 bits per heavy atom. The highest BCUT2D eigenvalue weighted by Gasteiger charge is 2.29. The number of hydrogen-bond acceptors (Lipinski definition) is 8. The lowest BCUT2D eigenvalue weighted by Crippen LogP contribution is -2.37. The zero-order valence-corrected chi connectivity index (χ0v) is 19.8. The average Bonchev–Trinajstić information content (AvgIpc) is 2.80. The van der Waals surface area contributed by atoms with E-state index >= 15 is 0 Å². The van der Waals surface area contributed by atoms with E-state index in [2.05, 4.69) is 15.6 Å². The zero-order valence-electron chi connectivity index (χ0n) is 18.3. The number of ether oxygens (including phenoxy) is 3. The smallest absolute Gasteiger partial charge is 0.257 e. The molecule has 1 unspecified atom stereocenters. The van der Waals surface area contributed by atoms with Crippen LogP contribution in [0.2, 0.25) is 10.0 Å². The van der Waals surface area contributed by atoms with Crippen LogP contribution in [0.5, 0.6) is 17.2 Å². The molecule has 2 heterocycles. The van der Waals surface area contributed by atoms with Crippen LogP contribution >= 0.6 is 23.2 Å². The van der Waals surface area contributed by atoms with E-state index in [0.717, 1.165) is 0 Å². The molecule has 1 aliphatic rings. The Kier molecular flexibility index (Phi) is 6.35. The molecule has 4 rings (SSSR count). The fourth-order valence-corrected chi connectivity index (χ4v) is 3.85. The number of benzene rings is 2. The minimum absolute atomic E-state index is 0.282. The number of nitrogens with zero attached hydrogens (tertiary/aromatic N) is 3. The highest BCUT2D eigenvalue weighted by atomic mass is 35.5. The van der Waals surface area contributed by atoms with Gasteiger partial charge < -0.3 is 19.5 Å². The van der Waals surface area contributed by atoms with Gasteiger partial charge in [0, 0.05) is 23.4 Å². The number of anilines is 2. The Morgan fingerprint density at radius 1 is 1.03 bits per heavy atom. The summed E-state index contributed by atoms with van der Waals surface area (Å²) in [6, 6.07) is 10.0. The maximum Gasteiger partial charge on any atom is 0.257 e. The monoisotopic (exact) mass is 489 g/mol. The topological polar surface area (TPSA) is 99.0 Å². The molecule has 2 aromatic carbocycles. The molecule has 3 aromatic rings. The number of methoxy groups -OCH3 is 3. The van der Waals surface area contributed by atoms with Crippen molar-refractivity contribution in [3.8, 4) is 17.2 Å². The third-order valence-corrected chi connectivity index (χ3v) is 5.84. The van der Waals surface area contributed by atoms with Gasteiger partial charge in [0.15, 0.2) is 17.7 Å². The van der Waals surface area contributed by atoms with Crippen molar-refractivity contribution in [1.82, 2.24) is 9.55 Å². The van der Waals surface area contributed by atoms with Crippen molar-refractivity contribution >= 4 is 40.8 Å². The second-order valence-corrected chi connectivity index (χ2v) is 7.87. The van der Waals surface area contributed by atoms with Crippen LogP contribution in [0, 0.1) is 6.92 Å². The van der Waals surface area contributed by atoms with Gasteiger partial charge in [0.25, 0.3) is 5.56 Å². The van der Waals surface area contributed by atoms with Crippen molar-refractivity contribution in [2.75, 3.05) is 32.0 Å². The maximum absolute atomic E-state index is 13.0. The highest BCUT2D eigenvalue weighted by molar-refractivity contribution is 6.44. The standard InChI is InChI=1S/C22H21Cl2N5O4/c1-11-8-18(30)29-20(12-9-16(32-3)17(33-4)10-15(12)31-2)27-21(28-22(29)25-11)26-14-7-5-6-13(23)19(14)24/h5-10,20H,1-4H3,(H2,25,26,27,28). The molecule has 0 fully saturated rings. The molecule has 1 atom stereocenters. The van der Waals surface area contributed by atoms with Crippen LogP contribution in [-0.2, 0) is 0 Å². The Balaban J connectivity index is 1.90. The minimum Gasteiger partial charge on any atom is -0.496 e. The summed E-state index contributed by atoms with van der Waals surface area (Å²) >= 11 is 12.5. The van der Waals surface area contributed by atoms with E-state index in [9.17, 15) is 4.79 Å². The van der Waals surface area contributed by atoms with E-state index in [4.69, 9.17) is 42.4 Å². The average molecular weight is 490 g/mol. The predicted octanol–water partition coefficient (Wildman–Crippen LogP) is 4.32. The van der Waals surface area contributed by atoms with Crippen molar-refractivity contribution < 1.29 is 14.2 Å². The summed E-state index contributed by atoms with van der Waals surface area (Å²) in [6.07, 6.45) is -0.822. The first-order valence-corrected chi connectivity index (χ1v) is 10.6. The van der Waals surface area contributed by atoms with E-state index < -0.39 is 6.17 Å². The summed E-state index contributed by atoms with van der Waals surface area (Å²) in [4.78, 5) is 22.2. The quantitative estimate of drug-likeness (QED) is 0.550.